The van der Waals surface area contributed by atoms with Crippen molar-refractivity contribution in [1.82, 2.24) is 10.6 Å². The summed E-state index contributed by atoms with van der Waals surface area (Å²) in [6.07, 6.45) is 1.71. The van der Waals surface area contributed by atoms with Gasteiger partial charge in [-0.15, -0.1) is 0 Å². The number of amides is 1. The van der Waals surface area contributed by atoms with Crippen molar-refractivity contribution in [1.29, 1.82) is 0 Å². The predicted octanol–water partition coefficient (Wildman–Crippen LogP) is 7.02. The van der Waals surface area contributed by atoms with E-state index in [0.717, 1.165) is 17.2 Å². The van der Waals surface area contributed by atoms with E-state index in [1.54, 1.807) is 19.9 Å². The molecule has 6 nitrogen and oxygen atoms in total. The molecule has 0 aromatic heterocycles. The zero-order valence-corrected chi connectivity index (χ0v) is 27.9. The van der Waals surface area contributed by atoms with Gasteiger partial charge in [0.25, 0.3) is 0 Å². The number of benzene rings is 2. The minimum Gasteiger partial charge on any atom is -0.466 e. The molecule has 0 radical (unpaired) electrons. The molecule has 0 aliphatic carbocycles. The summed E-state index contributed by atoms with van der Waals surface area (Å²) in [6.45, 7) is 19.1. The normalized spacial score (nSPS) is 24.3. The van der Waals surface area contributed by atoms with Crippen LogP contribution in [0.4, 0.5) is 0 Å². The van der Waals surface area contributed by atoms with Crippen LogP contribution in [0.15, 0.2) is 77.3 Å². The van der Waals surface area contributed by atoms with Gasteiger partial charge in [-0.05, 0) is 46.5 Å². The molecule has 2 N–H and O–H groups in total. The van der Waals surface area contributed by atoms with Gasteiger partial charge in [0.15, 0.2) is 0 Å². The molecule has 2 aliphatic heterocycles. The monoisotopic (exact) mass is 593 g/mol. The van der Waals surface area contributed by atoms with Crippen LogP contribution in [0.5, 0.6) is 0 Å². The van der Waals surface area contributed by atoms with Gasteiger partial charge in [-0.3, -0.25) is 9.79 Å². The largest absolute Gasteiger partial charge is 0.466 e. The summed E-state index contributed by atoms with van der Waals surface area (Å²) < 4.78 is 4.40. The zero-order valence-electron chi connectivity index (χ0n) is 27.1. The molecule has 2 saturated heterocycles. The van der Waals surface area contributed by atoms with E-state index in [2.05, 4.69) is 79.2 Å². The Bertz CT molecular complexity index is 1110. The Morgan fingerprint density at radius 2 is 1.31 bits per heavy atom. The predicted molar refractivity (Wildman–Crippen MR) is 180 cm³/mol. The van der Waals surface area contributed by atoms with Crippen molar-refractivity contribution in [3.8, 4) is 0 Å². The molecule has 2 aliphatic rings. The van der Waals surface area contributed by atoms with Crippen molar-refractivity contribution in [3.05, 3.63) is 83.4 Å². The number of thiocarbonyl (C=S) groups is 1. The Labute approximate surface area is 259 Å². The average Bonchev–Trinajstić information content (AvgIpc) is 3.37. The maximum atomic E-state index is 10.9. The second-order valence-corrected chi connectivity index (χ2v) is 11.3. The highest BCUT2D eigenvalue weighted by molar-refractivity contribution is 7.80. The molecule has 7 heteroatoms. The number of ether oxygens (including phenoxy) is 1. The molecule has 2 heterocycles. The van der Waals surface area contributed by atoms with Gasteiger partial charge in [-0.1, -0.05) is 107 Å². The molecule has 4 rings (SSSR count). The van der Waals surface area contributed by atoms with E-state index in [4.69, 9.17) is 12.2 Å². The van der Waals surface area contributed by atoms with Crippen LogP contribution < -0.4 is 10.6 Å². The van der Waals surface area contributed by atoms with E-state index in [1.807, 2.05) is 50.2 Å². The van der Waals surface area contributed by atoms with Crippen molar-refractivity contribution >= 4 is 34.8 Å². The fourth-order valence-electron chi connectivity index (χ4n) is 4.30. The summed E-state index contributed by atoms with van der Waals surface area (Å²) in [5, 5.41) is 6.12. The number of rotatable bonds is 4. The van der Waals surface area contributed by atoms with E-state index in [1.165, 1.54) is 18.2 Å². The smallest absolute Gasteiger partial charge is 0.333 e. The van der Waals surface area contributed by atoms with Crippen molar-refractivity contribution in [3.63, 3.8) is 0 Å². The van der Waals surface area contributed by atoms with E-state index < -0.39 is 0 Å². The second kappa shape index (κ2) is 19.0. The van der Waals surface area contributed by atoms with Gasteiger partial charge in [-0.2, -0.15) is 0 Å². The number of allylic oxidation sites excluding steroid dienone is 1. The molecule has 0 bridgehead atoms. The van der Waals surface area contributed by atoms with Gasteiger partial charge in [-0.25, -0.2) is 4.79 Å². The zero-order chi connectivity index (χ0) is 31.8. The van der Waals surface area contributed by atoms with Crippen LogP contribution in [0.2, 0.25) is 0 Å². The van der Waals surface area contributed by atoms with Crippen molar-refractivity contribution < 1.29 is 14.3 Å². The van der Waals surface area contributed by atoms with Crippen LogP contribution >= 0.6 is 12.2 Å². The molecular weight excluding hydrogens is 542 g/mol. The van der Waals surface area contributed by atoms with Gasteiger partial charge in [0.05, 0.1) is 17.8 Å². The summed E-state index contributed by atoms with van der Waals surface area (Å²) in [7, 11) is 1.37. The highest BCUT2D eigenvalue weighted by atomic mass is 32.1. The highest BCUT2D eigenvalue weighted by Gasteiger charge is 2.32. The third-order valence-electron chi connectivity index (χ3n) is 8.07. The average molecular weight is 594 g/mol. The number of nitrogens with one attached hydrogen (secondary N) is 2. The molecule has 0 spiro atoms. The highest BCUT2D eigenvalue weighted by Crippen LogP contribution is 2.23. The first-order chi connectivity index (χ1) is 19.9. The fourth-order valence-corrected chi connectivity index (χ4v) is 4.70. The molecule has 0 saturated carbocycles. The van der Waals surface area contributed by atoms with E-state index in [-0.39, 0.29) is 17.8 Å². The first-order valence-electron chi connectivity index (χ1n) is 14.9. The molecule has 2 fully saturated rings. The number of hydrogen-bond donors (Lipinski definition) is 2. The van der Waals surface area contributed by atoms with Crippen LogP contribution in [0.25, 0.3) is 0 Å². The van der Waals surface area contributed by atoms with Crippen LogP contribution in [0, 0.1) is 23.7 Å². The minimum atomic E-state index is -0.257. The van der Waals surface area contributed by atoms with Gasteiger partial charge in [0.2, 0.25) is 5.91 Å². The third kappa shape index (κ3) is 11.5. The van der Waals surface area contributed by atoms with Gasteiger partial charge in [0, 0.05) is 47.2 Å². The molecule has 230 valence electrons. The summed E-state index contributed by atoms with van der Waals surface area (Å²) >= 11 is 5.08. The van der Waals surface area contributed by atoms with Crippen molar-refractivity contribution in [2.24, 2.45) is 28.7 Å². The quantitative estimate of drug-likeness (QED) is 0.172. The Kier molecular flexibility index (Phi) is 16.6. The van der Waals surface area contributed by atoms with Crippen molar-refractivity contribution in [2.45, 2.75) is 74.4 Å². The maximum Gasteiger partial charge on any atom is 0.333 e. The lowest BCUT2D eigenvalue weighted by atomic mass is 9.95. The number of nitrogens with zero attached hydrogens (tertiary/aromatic N) is 1. The number of carbonyl (C=O) groups excluding carboxylic acids is 2. The van der Waals surface area contributed by atoms with Gasteiger partial charge >= 0.3 is 5.97 Å². The Morgan fingerprint density at radius 1 is 0.857 bits per heavy atom. The van der Waals surface area contributed by atoms with Gasteiger partial charge in [0.1, 0.15) is 0 Å². The van der Waals surface area contributed by atoms with Gasteiger partial charge < -0.3 is 15.4 Å². The van der Waals surface area contributed by atoms with E-state index >= 15 is 0 Å². The van der Waals surface area contributed by atoms with E-state index in [0.29, 0.717) is 35.4 Å². The lowest BCUT2D eigenvalue weighted by Gasteiger charge is -2.09. The topological polar surface area (TPSA) is 79.8 Å². The number of hydrogen-bond acceptors (Lipinski definition) is 5. The van der Waals surface area contributed by atoms with Crippen LogP contribution in [0.3, 0.4) is 0 Å². The second-order valence-electron chi connectivity index (χ2n) is 10.9. The van der Waals surface area contributed by atoms with Crippen LogP contribution in [-0.2, 0) is 14.3 Å². The van der Waals surface area contributed by atoms with Crippen molar-refractivity contribution in [2.75, 3.05) is 13.7 Å². The molecule has 2 aromatic rings. The molecule has 2 aromatic carbocycles. The molecule has 42 heavy (non-hydrogen) atoms. The Morgan fingerprint density at radius 3 is 1.52 bits per heavy atom. The standard InChI is InChI=1S/C15H15N.C7H13NO.C7H13NS.C6H10O2/c1-2-16-15(13-9-5-3-6-10-13)14-11-7-4-8-12-14;2*1-4-5(2)7(9)8-6(4)3;1-4-5(2)6(7)8-3/h3-12H,2H2,1H3;2*4-6H,1-3H3,(H,8,9);4H,1-3H3/b;;;5-4+. The third-order valence-corrected chi connectivity index (χ3v) is 8.56. The number of esters is 1. The number of aliphatic imine (C=N–C) groups is 1. The number of methoxy groups -OCH3 is 1. The first-order valence-corrected chi connectivity index (χ1v) is 15.3. The molecule has 1 amide bonds. The SMILES string of the molecule is C/C=C(\C)C(=O)OC.CC1NC(=O)C(C)C1C.CC1NC(=S)C(C)C1C.CCN=C(c1ccccc1)c1ccccc1. The molecule has 6 unspecified atom stereocenters. The van der Waals surface area contributed by atoms with E-state index in [9.17, 15) is 9.59 Å². The Balaban J connectivity index is 0.000000295. The van der Waals surface area contributed by atoms with Crippen LogP contribution in [-0.4, -0.2) is 48.3 Å². The van der Waals surface area contributed by atoms with Crippen LogP contribution in [0.1, 0.15) is 73.4 Å². The summed E-state index contributed by atoms with van der Waals surface area (Å²) in [6, 6.07) is 21.6. The lowest BCUT2D eigenvalue weighted by molar-refractivity contribution is -0.136. The summed E-state index contributed by atoms with van der Waals surface area (Å²) in [5.74, 6) is 1.94. The molecular formula is C35H51N3O3S. The Hall–Kier alpha value is -3.32. The fraction of sp³-hybridized carbons (Fsp3) is 0.486. The minimum absolute atomic E-state index is 0.204. The maximum absolute atomic E-state index is 10.9. The lowest BCUT2D eigenvalue weighted by Crippen LogP contribution is -2.24. The summed E-state index contributed by atoms with van der Waals surface area (Å²) in [4.78, 5) is 27.0. The first kappa shape index (κ1) is 36.7. The molecule has 6 atom stereocenters. The summed E-state index contributed by atoms with van der Waals surface area (Å²) in [5.41, 5.74) is 4.07. The number of carbonyl (C=O) groups is 2.